The molecule has 6 heteroatoms. The van der Waals surface area contributed by atoms with Crippen molar-refractivity contribution >= 4 is 28.0 Å². The molecule has 5 nitrogen and oxygen atoms in total. The van der Waals surface area contributed by atoms with Gasteiger partial charge in [-0.15, -0.1) is 11.3 Å². The Balaban J connectivity index is 1.27. The van der Waals surface area contributed by atoms with Gasteiger partial charge < -0.3 is 9.64 Å². The van der Waals surface area contributed by atoms with Crippen LogP contribution in [-0.4, -0.2) is 67.5 Å². The quantitative estimate of drug-likeness (QED) is 0.581. The summed E-state index contributed by atoms with van der Waals surface area (Å²) in [6, 6.07) is 16.7. The molecule has 0 saturated carbocycles. The van der Waals surface area contributed by atoms with Crippen LogP contribution < -0.4 is 4.74 Å². The lowest BCUT2D eigenvalue weighted by Gasteiger charge is -2.34. The first kappa shape index (κ1) is 20.8. The van der Waals surface area contributed by atoms with Crippen LogP contribution in [0.4, 0.5) is 0 Å². The molecule has 0 unspecified atom stereocenters. The zero-order chi connectivity index (χ0) is 20.9. The van der Waals surface area contributed by atoms with E-state index in [1.165, 1.54) is 4.88 Å². The van der Waals surface area contributed by atoms with Crippen molar-refractivity contribution < 1.29 is 9.53 Å². The number of amides is 1. The number of fused-ring (bicyclic) bond motifs is 1. The van der Waals surface area contributed by atoms with Crippen LogP contribution >= 0.6 is 11.3 Å². The van der Waals surface area contributed by atoms with Crippen molar-refractivity contribution in [3.8, 4) is 5.75 Å². The predicted octanol–water partition coefficient (Wildman–Crippen LogP) is 3.69. The Kier molecular flexibility index (Phi) is 6.67. The Bertz CT molecular complexity index is 981. The van der Waals surface area contributed by atoms with Crippen LogP contribution in [0.3, 0.4) is 0 Å². The molecule has 158 valence electrons. The molecule has 1 amide bonds. The molecule has 0 radical (unpaired) electrons. The summed E-state index contributed by atoms with van der Waals surface area (Å²) in [7, 11) is 3.58. The standard InChI is InChI=1S/C24H29N3O2S/c1-25(16-19-5-6-21-15-22(29-2)8-7-20(21)14-19)24(28)18-27-11-9-26(10-12-27)17-23-4-3-13-30-23/h3-8,13-15H,9-12,16-18H2,1-2H3. The number of piperazine rings is 1. The summed E-state index contributed by atoms with van der Waals surface area (Å²) in [5.41, 5.74) is 1.14. The van der Waals surface area contributed by atoms with Gasteiger partial charge in [0.15, 0.2) is 0 Å². The summed E-state index contributed by atoms with van der Waals surface area (Å²) in [6.07, 6.45) is 0. The molecule has 3 aromatic rings. The van der Waals surface area contributed by atoms with E-state index in [9.17, 15) is 4.79 Å². The summed E-state index contributed by atoms with van der Waals surface area (Å²) < 4.78 is 5.29. The molecular weight excluding hydrogens is 394 g/mol. The van der Waals surface area contributed by atoms with E-state index in [4.69, 9.17) is 4.74 Å². The van der Waals surface area contributed by atoms with Crippen LogP contribution in [0.25, 0.3) is 10.8 Å². The van der Waals surface area contributed by atoms with Crippen molar-refractivity contribution in [3.63, 3.8) is 0 Å². The minimum absolute atomic E-state index is 0.177. The molecule has 0 aliphatic carbocycles. The van der Waals surface area contributed by atoms with Crippen molar-refractivity contribution in [2.24, 2.45) is 0 Å². The SMILES string of the molecule is COc1ccc2cc(CN(C)C(=O)CN3CCN(Cc4cccs4)CC3)ccc2c1. The number of ether oxygens (including phenoxy) is 1. The first-order chi connectivity index (χ1) is 14.6. The van der Waals surface area contributed by atoms with Crippen LogP contribution in [0, 0.1) is 0 Å². The molecule has 0 spiro atoms. The highest BCUT2D eigenvalue weighted by Gasteiger charge is 2.21. The molecule has 1 saturated heterocycles. The van der Waals surface area contributed by atoms with Gasteiger partial charge in [0.1, 0.15) is 5.75 Å². The molecule has 1 aromatic heterocycles. The first-order valence-corrected chi connectivity index (χ1v) is 11.3. The smallest absolute Gasteiger partial charge is 0.236 e. The minimum Gasteiger partial charge on any atom is -0.497 e. The van der Waals surface area contributed by atoms with E-state index in [1.54, 1.807) is 7.11 Å². The number of rotatable bonds is 7. The van der Waals surface area contributed by atoms with Crippen molar-refractivity contribution in [1.82, 2.24) is 14.7 Å². The van der Waals surface area contributed by atoms with Gasteiger partial charge in [0, 0.05) is 51.2 Å². The summed E-state index contributed by atoms with van der Waals surface area (Å²) in [6.45, 7) is 6.07. The van der Waals surface area contributed by atoms with Gasteiger partial charge in [-0.25, -0.2) is 0 Å². The maximum absolute atomic E-state index is 12.8. The average Bonchev–Trinajstić information content (AvgIpc) is 3.27. The first-order valence-electron chi connectivity index (χ1n) is 10.4. The molecule has 1 aliphatic heterocycles. The lowest BCUT2D eigenvalue weighted by Crippen LogP contribution is -2.49. The lowest BCUT2D eigenvalue weighted by atomic mass is 10.1. The van der Waals surface area contributed by atoms with Crippen LogP contribution in [0.1, 0.15) is 10.4 Å². The molecule has 2 heterocycles. The minimum atomic E-state index is 0.177. The number of methoxy groups -OCH3 is 1. The van der Waals surface area contributed by atoms with Gasteiger partial charge >= 0.3 is 0 Å². The summed E-state index contributed by atoms with van der Waals surface area (Å²) in [5.74, 6) is 1.04. The van der Waals surface area contributed by atoms with Gasteiger partial charge in [-0.1, -0.05) is 24.3 Å². The number of hydrogen-bond acceptors (Lipinski definition) is 5. The molecule has 0 bridgehead atoms. The van der Waals surface area contributed by atoms with Crippen LogP contribution in [0.2, 0.25) is 0 Å². The number of thiophene rings is 1. The summed E-state index contributed by atoms with van der Waals surface area (Å²) in [4.78, 5) is 20.7. The van der Waals surface area contributed by atoms with E-state index in [2.05, 4.69) is 51.6 Å². The van der Waals surface area contributed by atoms with Crippen molar-refractivity contribution in [1.29, 1.82) is 0 Å². The topological polar surface area (TPSA) is 36.0 Å². The Hall–Kier alpha value is -2.41. The number of likely N-dealkylation sites (N-methyl/N-ethyl adjacent to an activating group) is 1. The maximum Gasteiger partial charge on any atom is 0.236 e. The molecule has 1 aliphatic rings. The number of benzene rings is 2. The zero-order valence-electron chi connectivity index (χ0n) is 17.7. The van der Waals surface area contributed by atoms with Crippen LogP contribution in [0.5, 0.6) is 5.75 Å². The van der Waals surface area contributed by atoms with E-state index in [1.807, 2.05) is 35.4 Å². The molecule has 0 N–H and O–H groups in total. The Labute approximate surface area is 182 Å². The number of carbonyl (C=O) groups is 1. The highest BCUT2D eigenvalue weighted by atomic mass is 32.1. The molecule has 0 atom stereocenters. The second kappa shape index (κ2) is 9.60. The van der Waals surface area contributed by atoms with Crippen molar-refractivity contribution in [2.45, 2.75) is 13.1 Å². The fourth-order valence-corrected chi connectivity index (χ4v) is 4.65. The van der Waals surface area contributed by atoms with Gasteiger partial charge in [-0.3, -0.25) is 14.6 Å². The van der Waals surface area contributed by atoms with E-state index in [0.717, 1.165) is 54.8 Å². The lowest BCUT2D eigenvalue weighted by molar-refractivity contribution is -0.132. The van der Waals surface area contributed by atoms with E-state index in [0.29, 0.717) is 13.1 Å². The average molecular weight is 424 g/mol. The highest BCUT2D eigenvalue weighted by molar-refractivity contribution is 7.09. The van der Waals surface area contributed by atoms with Crippen LogP contribution in [0.15, 0.2) is 53.9 Å². The fraction of sp³-hybridized carbons (Fsp3) is 0.375. The summed E-state index contributed by atoms with van der Waals surface area (Å²) >= 11 is 1.81. The largest absolute Gasteiger partial charge is 0.497 e. The second-order valence-corrected chi connectivity index (χ2v) is 8.96. The predicted molar refractivity (Wildman–Crippen MR) is 123 cm³/mol. The highest BCUT2D eigenvalue weighted by Crippen LogP contribution is 2.22. The normalized spacial score (nSPS) is 15.4. The van der Waals surface area contributed by atoms with Gasteiger partial charge in [0.25, 0.3) is 0 Å². The van der Waals surface area contributed by atoms with Crippen LogP contribution in [-0.2, 0) is 17.9 Å². The van der Waals surface area contributed by atoms with E-state index in [-0.39, 0.29) is 5.91 Å². The second-order valence-electron chi connectivity index (χ2n) is 7.93. The van der Waals surface area contributed by atoms with Gasteiger partial charge in [-0.2, -0.15) is 0 Å². The van der Waals surface area contributed by atoms with Gasteiger partial charge in [-0.05, 0) is 46.0 Å². The molecule has 4 rings (SSSR count). The molecule has 2 aromatic carbocycles. The van der Waals surface area contributed by atoms with Crippen molar-refractivity contribution in [2.75, 3.05) is 46.9 Å². The Morgan fingerprint density at radius 3 is 2.50 bits per heavy atom. The number of carbonyl (C=O) groups excluding carboxylic acids is 1. The molecular formula is C24H29N3O2S. The third kappa shape index (κ3) is 5.19. The van der Waals surface area contributed by atoms with Gasteiger partial charge in [0.2, 0.25) is 5.91 Å². The fourth-order valence-electron chi connectivity index (χ4n) is 3.90. The molecule has 1 fully saturated rings. The van der Waals surface area contributed by atoms with E-state index >= 15 is 0 Å². The monoisotopic (exact) mass is 423 g/mol. The number of hydrogen-bond donors (Lipinski definition) is 0. The maximum atomic E-state index is 12.8. The van der Waals surface area contributed by atoms with E-state index < -0.39 is 0 Å². The zero-order valence-corrected chi connectivity index (χ0v) is 18.5. The summed E-state index contributed by atoms with van der Waals surface area (Å²) in [5, 5.41) is 4.44. The third-order valence-corrected chi connectivity index (χ3v) is 6.60. The van der Waals surface area contributed by atoms with Crippen molar-refractivity contribution in [3.05, 3.63) is 64.4 Å². The Morgan fingerprint density at radius 2 is 1.77 bits per heavy atom. The Morgan fingerprint density at radius 1 is 1.03 bits per heavy atom. The third-order valence-electron chi connectivity index (χ3n) is 5.74. The number of nitrogens with zero attached hydrogens (tertiary/aromatic N) is 3. The van der Waals surface area contributed by atoms with Gasteiger partial charge in [0.05, 0.1) is 13.7 Å². The molecule has 30 heavy (non-hydrogen) atoms.